The molecule has 1 fully saturated rings. The summed E-state index contributed by atoms with van der Waals surface area (Å²) in [6.45, 7) is 4.98. The molecule has 2 aliphatic rings. The fraction of sp³-hybridized carbons (Fsp3) is 0.533. The molecule has 0 saturated carbocycles. The van der Waals surface area contributed by atoms with Gasteiger partial charge in [-0.05, 0) is 42.5 Å². The predicted octanol–water partition coefficient (Wildman–Crippen LogP) is 3.98. The van der Waals surface area contributed by atoms with Gasteiger partial charge in [0.05, 0.1) is 5.41 Å². The van der Waals surface area contributed by atoms with Crippen molar-refractivity contribution in [2.45, 2.75) is 39.0 Å². The lowest BCUT2D eigenvalue weighted by Crippen LogP contribution is -2.50. The van der Waals surface area contributed by atoms with E-state index in [-0.39, 0.29) is 11.3 Å². The van der Waals surface area contributed by atoms with Crippen molar-refractivity contribution in [3.8, 4) is 0 Å². The van der Waals surface area contributed by atoms with Crippen LogP contribution in [0.15, 0.2) is 18.2 Å². The van der Waals surface area contributed by atoms with Gasteiger partial charge in [0.25, 0.3) is 0 Å². The number of nitrogens with zero attached hydrogens (tertiary/aromatic N) is 1. The zero-order chi connectivity index (χ0) is 12.9. The molecule has 2 nitrogen and oxygen atoms in total. The number of carbonyl (C=O) groups excluding carboxylic acids is 1. The molecule has 96 valence electrons. The Morgan fingerprint density at radius 2 is 2.11 bits per heavy atom. The van der Waals surface area contributed by atoms with Crippen LogP contribution in [0.4, 0.5) is 5.69 Å². The minimum atomic E-state index is -0.307. The van der Waals surface area contributed by atoms with Crippen molar-refractivity contribution in [3.05, 3.63) is 28.8 Å². The summed E-state index contributed by atoms with van der Waals surface area (Å²) >= 11 is 6.13. The average molecular weight is 264 g/mol. The highest BCUT2D eigenvalue weighted by atomic mass is 35.5. The molecule has 0 radical (unpaired) electrons. The molecule has 1 atom stereocenters. The van der Waals surface area contributed by atoms with Crippen LogP contribution in [0.3, 0.4) is 0 Å². The Bertz CT molecular complexity index is 509. The standard InChI is InChI=1S/C15H18ClNO/c1-15(2)12-5-3-4-8-17(14(15)18)13-7-6-10(16)9-11(12)13/h6-7,9,12H,3-5,8H2,1-2H3. The van der Waals surface area contributed by atoms with E-state index in [1.54, 1.807) is 0 Å². The van der Waals surface area contributed by atoms with Crippen LogP contribution in [0.25, 0.3) is 0 Å². The van der Waals surface area contributed by atoms with Crippen LogP contribution in [0.2, 0.25) is 5.02 Å². The maximum Gasteiger partial charge on any atom is 0.233 e. The molecule has 1 aromatic carbocycles. The zero-order valence-electron chi connectivity index (χ0n) is 10.9. The van der Waals surface area contributed by atoms with Crippen LogP contribution in [0.1, 0.15) is 44.6 Å². The fourth-order valence-corrected chi connectivity index (χ4v) is 3.58. The lowest BCUT2D eigenvalue weighted by atomic mass is 9.67. The average Bonchev–Trinajstić information content (AvgIpc) is 2.29. The second kappa shape index (κ2) is 3.99. The van der Waals surface area contributed by atoms with E-state index >= 15 is 0 Å². The number of benzene rings is 1. The minimum absolute atomic E-state index is 0.266. The third-order valence-electron chi connectivity index (χ3n) is 4.45. The molecule has 2 bridgehead atoms. The Labute approximate surface area is 113 Å². The Morgan fingerprint density at radius 3 is 2.89 bits per heavy atom. The van der Waals surface area contributed by atoms with Gasteiger partial charge in [-0.25, -0.2) is 0 Å². The van der Waals surface area contributed by atoms with Crippen LogP contribution < -0.4 is 4.90 Å². The van der Waals surface area contributed by atoms with Crippen LogP contribution >= 0.6 is 11.6 Å². The van der Waals surface area contributed by atoms with Crippen LogP contribution in [-0.2, 0) is 4.79 Å². The molecule has 3 rings (SSSR count). The summed E-state index contributed by atoms with van der Waals surface area (Å²) < 4.78 is 0. The highest BCUT2D eigenvalue weighted by molar-refractivity contribution is 6.30. The van der Waals surface area contributed by atoms with Gasteiger partial charge in [-0.15, -0.1) is 0 Å². The second-order valence-electron chi connectivity index (χ2n) is 5.93. The summed E-state index contributed by atoms with van der Waals surface area (Å²) in [7, 11) is 0. The van der Waals surface area contributed by atoms with E-state index in [0.29, 0.717) is 5.92 Å². The van der Waals surface area contributed by atoms with Crippen LogP contribution in [-0.4, -0.2) is 12.5 Å². The molecule has 1 unspecified atom stereocenters. The van der Waals surface area contributed by atoms with E-state index < -0.39 is 0 Å². The lowest BCUT2D eigenvalue weighted by molar-refractivity contribution is -0.129. The lowest BCUT2D eigenvalue weighted by Gasteiger charge is -2.46. The highest BCUT2D eigenvalue weighted by Crippen LogP contribution is 2.50. The van der Waals surface area contributed by atoms with Crippen molar-refractivity contribution in [2.75, 3.05) is 11.4 Å². The third kappa shape index (κ3) is 1.58. The highest BCUT2D eigenvalue weighted by Gasteiger charge is 2.46. The number of hydrogen-bond donors (Lipinski definition) is 0. The van der Waals surface area contributed by atoms with E-state index in [0.717, 1.165) is 30.1 Å². The molecule has 2 heterocycles. The van der Waals surface area contributed by atoms with Gasteiger partial charge in [0, 0.05) is 17.3 Å². The molecule has 1 amide bonds. The molecule has 0 N–H and O–H groups in total. The maximum atomic E-state index is 12.6. The minimum Gasteiger partial charge on any atom is -0.312 e. The first-order valence-electron chi connectivity index (χ1n) is 6.63. The monoisotopic (exact) mass is 263 g/mol. The fourth-order valence-electron chi connectivity index (χ4n) is 3.40. The van der Waals surface area contributed by atoms with Gasteiger partial charge in [0.1, 0.15) is 0 Å². The summed E-state index contributed by atoms with van der Waals surface area (Å²) in [6.07, 6.45) is 3.37. The van der Waals surface area contributed by atoms with Crippen molar-refractivity contribution >= 4 is 23.2 Å². The number of anilines is 1. The number of fused-ring (bicyclic) bond motifs is 6. The van der Waals surface area contributed by atoms with Crippen molar-refractivity contribution < 1.29 is 4.79 Å². The van der Waals surface area contributed by atoms with Crippen LogP contribution in [0.5, 0.6) is 0 Å². The van der Waals surface area contributed by atoms with Crippen molar-refractivity contribution in [2.24, 2.45) is 5.41 Å². The quantitative estimate of drug-likeness (QED) is 0.693. The molecule has 0 spiro atoms. The second-order valence-corrected chi connectivity index (χ2v) is 6.37. The van der Waals surface area contributed by atoms with Gasteiger partial charge in [-0.1, -0.05) is 31.9 Å². The smallest absolute Gasteiger partial charge is 0.233 e. The van der Waals surface area contributed by atoms with Gasteiger partial charge in [-0.3, -0.25) is 4.79 Å². The summed E-state index contributed by atoms with van der Waals surface area (Å²) in [5, 5.41) is 0.768. The Kier molecular flexibility index (Phi) is 2.67. The Balaban J connectivity index is 2.24. The SMILES string of the molecule is CC1(C)C(=O)N2CCCCC1c1cc(Cl)ccc12. The largest absolute Gasteiger partial charge is 0.312 e. The molecule has 18 heavy (non-hydrogen) atoms. The molecule has 1 saturated heterocycles. The van der Waals surface area contributed by atoms with Gasteiger partial charge in [0.15, 0.2) is 0 Å². The molecule has 0 aliphatic carbocycles. The summed E-state index contributed by atoms with van der Waals surface area (Å²) in [4.78, 5) is 14.6. The molecule has 1 aromatic rings. The van der Waals surface area contributed by atoms with E-state index in [2.05, 4.69) is 13.8 Å². The first-order chi connectivity index (χ1) is 8.51. The van der Waals surface area contributed by atoms with E-state index in [1.807, 2.05) is 23.1 Å². The summed E-state index contributed by atoms with van der Waals surface area (Å²) in [5.41, 5.74) is 2.03. The van der Waals surface area contributed by atoms with Crippen molar-refractivity contribution in [3.63, 3.8) is 0 Å². The van der Waals surface area contributed by atoms with Crippen molar-refractivity contribution in [1.82, 2.24) is 0 Å². The molecule has 2 aliphatic heterocycles. The van der Waals surface area contributed by atoms with E-state index in [9.17, 15) is 4.79 Å². The number of halogens is 1. The predicted molar refractivity (Wildman–Crippen MR) is 74.2 cm³/mol. The number of carbonyl (C=O) groups is 1. The van der Waals surface area contributed by atoms with Crippen molar-refractivity contribution in [1.29, 1.82) is 0 Å². The molecular weight excluding hydrogens is 246 g/mol. The van der Waals surface area contributed by atoms with Crippen LogP contribution in [0, 0.1) is 5.41 Å². The maximum absolute atomic E-state index is 12.6. The third-order valence-corrected chi connectivity index (χ3v) is 4.68. The topological polar surface area (TPSA) is 20.3 Å². The molecule has 0 aromatic heterocycles. The first-order valence-corrected chi connectivity index (χ1v) is 7.01. The molecule has 3 heteroatoms. The van der Waals surface area contributed by atoms with E-state index in [1.165, 1.54) is 12.0 Å². The summed E-state index contributed by atoms with van der Waals surface area (Å²) in [6, 6.07) is 5.94. The Morgan fingerprint density at radius 1 is 1.33 bits per heavy atom. The van der Waals surface area contributed by atoms with Gasteiger partial charge >= 0.3 is 0 Å². The summed E-state index contributed by atoms with van der Waals surface area (Å²) in [5.74, 6) is 0.567. The number of rotatable bonds is 0. The zero-order valence-corrected chi connectivity index (χ0v) is 11.6. The normalized spacial score (nSPS) is 25.6. The Hall–Kier alpha value is -1.02. The number of amides is 1. The molecular formula is C15H18ClNO. The van der Waals surface area contributed by atoms with Gasteiger partial charge < -0.3 is 4.90 Å². The number of hydrogen-bond acceptors (Lipinski definition) is 1. The first kappa shape index (κ1) is 12.0. The van der Waals surface area contributed by atoms with Gasteiger partial charge in [0.2, 0.25) is 5.91 Å². The van der Waals surface area contributed by atoms with Gasteiger partial charge in [-0.2, -0.15) is 0 Å². The van der Waals surface area contributed by atoms with E-state index in [4.69, 9.17) is 11.6 Å².